The van der Waals surface area contributed by atoms with Crippen molar-refractivity contribution in [2.45, 2.75) is 6.92 Å². The van der Waals surface area contributed by atoms with Crippen molar-refractivity contribution in [3.8, 4) is 5.75 Å². The molecule has 0 heterocycles. The molecule has 0 aromatic heterocycles. The molecule has 0 aliphatic heterocycles. The fourth-order valence-electron chi connectivity index (χ4n) is 1.02. The fourth-order valence-corrected chi connectivity index (χ4v) is 1.93. The highest BCUT2D eigenvalue weighted by molar-refractivity contribution is 7.54. The lowest BCUT2D eigenvalue weighted by Gasteiger charge is -2.12. The second-order valence-electron chi connectivity index (χ2n) is 3.05. The number of aliphatic carboxylic acids is 1. The molecule has 0 saturated carbocycles. The Morgan fingerprint density at radius 3 is 2.60 bits per heavy atom. The second kappa shape index (κ2) is 4.47. The molecule has 1 aromatic rings. The molecular weight excluding hydrogens is 219 g/mol. The van der Waals surface area contributed by atoms with Crippen molar-refractivity contribution < 1.29 is 23.9 Å². The smallest absolute Gasteiger partial charge is 0.387 e. The van der Waals surface area contributed by atoms with E-state index < -0.39 is 19.7 Å². The molecule has 0 saturated heterocycles. The highest BCUT2D eigenvalue weighted by Gasteiger charge is 2.25. The summed E-state index contributed by atoms with van der Waals surface area (Å²) in [5.74, 6) is -1.14. The molecule has 0 spiro atoms. The van der Waals surface area contributed by atoms with Gasteiger partial charge >= 0.3 is 13.6 Å². The van der Waals surface area contributed by atoms with Gasteiger partial charge in [-0.15, -0.1) is 0 Å². The molecule has 1 atom stereocenters. The predicted molar refractivity (Wildman–Crippen MR) is 54.1 cm³/mol. The first-order valence-corrected chi connectivity index (χ1v) is 5.96. The molecule has 1 unspecified atom stereocenters. The van der Waals surface area contributed by atoms with Crippen LogP contribution >= 0.6 is 7.60 Å². The third kappa shape index (κ3) is 3.73. The molecule has 0 bridgehead atoms. The molecule has 0 aliphatic carbocycles. The van der Waals surface area contributed by atoms with E-state index in [2.05, 4.69) is 0 Å². The zero-order chi connectivity index (χ0) is 11.5. The normalized spacial score (nSPS) is 14.3. The maximum atomic E-state index is 11.3. The van der Waals surface area contributed by atoms with Gasteiger partial charge in [-0.3, -0.25) is 4.79 Å². The van der Waals surface area contributed by atoms with Crippen molar-refractivity contribution >= 4 is 13.6 Å². The summed E-state index contributed by atoms with van der Waals surface area (Å²) in [5.41, 5.74) is 0.678. The maximum absolute atomic E-state index is 11.3. The first-order chi connectivity index (χ1) is 6.91. The van der Waals surface area contributed by atoms with Crippen LogP contribution in [0.1, 0.15) is 5.56 Å². The van der Waals surface area contributed by atoms with Gasteiger partial charge in [-0.1, -0.05) is 18.2 Å². The number of hydrogen-bond donors (Lipinski definition) is 2. The van der Waals surface area contributed by atoms with Crippen molar-refractivity contribution in [1.82, 2.24) is 0 Å². The van der Waals surface area contributed by atoms with Crippen LogP contribution in [0.25, 0.3) is 0 Å². The minimum atomic E-state index is -4.10. The van der Waals surface area contributed by atoms with Crippen LogP contribution in [0, 0.1) is 6.92 Å². The number of carbonyl (C=O) groups is 1. The Balaban J connectivity index is 2.82. The Morgan fingerprint density at radius 1 is 1.47 bits per heavy atom. The van der Waals surface area contributed by atoms with Crippen molar-refractivity contribution in [3.05, 3.63) is 29.8 Å². The van der Waals surface area contributed by atoms with Crippen LogP contribution in [0.15, 0.2) is 24.3 Å². The maximum Gasteiger partial charge on any atom is 0.387 e. The van der Waals surface area contributed by atoms with E-state index in [4.69, 9.17) is 9.63 Å². The molecule has 82 valence electrons. The number of para-hydroxylation sites is 1. The van der Waals surface area contributed by atoms with Gasteiger partial charge in [0.2, 0.25) is 0 Å². The summed E-state index contributed by atoms with van der Waals surface area (Å²) < 4.78 is 16.1. The second-order valence-corrected chi connectivity index (χ2v) is 4.82. The summed E-state index contributed by atoms with van der Waals surface area (Å²) in [6.45, 7) is 1.70. The van der Waals surface area contributed by atoms with Crippen molar-refractivity contribution in [2.75, 3.05) is 6.16 Å². The van der Waals surface area contributed by atoms with Gasteiger partial charge in [0.1, 0.15) is 5.75 Å². The van der Waals surface area contributed by atoms with E-state index >= 15 is 0 Å². The lowest BCUT2D eigenvalue weighted by molar-refractivity contribution is -0.134. The minimum Gasteiger partial charge on any atom is -0.481 e. The molecule has 15 heavy (non-hydrogen) atoms. The van der Waals surface area contributed by atoms with E-state index in [-0.39, 0.29) is 5.75 Å². The van der Waals surface area contributed by atoms with Crippen molar-refractivity contribution in [1.29, 1.82) is 0 Å². The Bertz CT molecular complexity index is 415. The highest BCUT2D eigenvalue weighted by atomic mass is 31.2. The van der Waals surface area contributed by atoms with Gasteiger partial charge < -0.3 is 14.5 Å². The summed E-state index contributed by atoms with van der Waals surface area (Å²) in [6, 6.07) is 6.61. The van der Waals surface area contributed by atoms with Crippen LogP contribution in [-0.4, -0.2) is 22.1 Å². The molecule has 0 radical (unpaired) electrons. The average Bonchev–Trinajstić information content (AvgIpc) is 2.06. The Morgan fingerprint density at radius 2 is 2.07 bits per heavy atom. The molecule has 0 amide bonds. The molecule has 2 N–H and O–H groups in total. The van der Waals surface area contributed by atoms with Gasteiger partial charge in [0.25, 0.3) is 0 Å². The van der Waals surface area contributed by atoms with Gasteiger partial charge in [0.05, 0.1) is 0 Å². The summed E-state index contributed by atoms with van der Waals surface area (Å²) in [6.07, 6.45) is -0.901. The van der Waals surface area contributed by atoms with Crippen molar-refractivity contribution in [3.63, 3.8) is 0 Å². The highest BCUT2D eigenvalue weighted by Crippen LogP contribution is 2.43. The number of aryl methyl sites for hydroxylation is 1. The van der Waals surface area contributed by atoms with E-state index in [0.717, 1.165) is 0 Å². The first kappa shape index (κ1) is 11.8. The lowest BCUT2D eigenvalue weighted by atomic mass is 10.2. The zero-order valence-corrected chi connectivity index (χ0v) is 8.98. The van der Waals surface area contributed by atoms with Crippen LogP contribution in [0.3, 0.4) is 0 Å². The molecule has 6 heteroatoms. The Hall–Kier alpha value is -1.32. The SMILES string of the molecule is Cc1ccccc1OP(=O)(O)CC(=O)O. The van der Waals surface area contributed by atoms with E-state index in [9.17, 15) is 14.3 Å². The van der Waals surface area contributed by atoms with Gasteiger partial charge in [-0.25, -0.2) is 4.57 Å². The standard InChI is InChI=1S/C9H11O5P/c1-7-4-2-3-5-8(7)14-15(12,13)6-9(10)11/h2-5H,6H2,1H3,(H,10,11)(H,12,13). The van der Waals surface area contributed by atoms with E-state index in [1.807, 2.05) is 0 Å². The molecule has 5 nitrogen and oxygen atoms in total. The third-order valence-electron chi connectivity index (χ3n) is 1.67. The number of carboxylic acids is 1. The van der Waals surface area contributed by atoms with E-state index in [1.54, 1.807) is 25.1 Å². The van der Waals surface area contributed by atoms with Crippen LogP contribution in [-0.2, 0) is 9.36 Å². The number of hydrogen-bond acceptors (Lipinski definition) is 3. The van der Waals surface area contributed by atoms with Crippen molar-refractivity contribution in [2.24, 2.45) is 0 Å². The molecule has 1 aromatic carbocycles. The van der Waals surface area contributed by atoms with Crippen LogP contribution in [0.5, 0.6) is 5.75 Å². The molecule has 0 fully saturated rings. The Labute approximate surface area is 86.9 Å². The lowest BCUT2D eigenvalue weighted by Crippen LogP contribution is -2.07. The summed E-state index contributed by atoms with van der Waals surface area (Å²) in [7, 11) is -4.10. The van der Waals surface area contributed by atoms with Gasteiger partial charge in [-0.05, 0) is 18.6 Å². The zero-order valence-electron chi connectivity index (χ0n) is 8.08. The number of benzene rings is 1. The summed E-state index contributed by atoms with van der Waals surface area (Å²) in [5, 5.41) is 8.38. The summed E-state index contributed by atoms with van der Waals surface area (Å²) in [4.78, 5) is 19.5. The quantitative estimate of drug-likeness (QED) is 0.768. The minimum absolute atomic E-state index is 0.226. The topological polar surface area (TPSA) is 83.8 Å². The number of carboxylic acid groups (broad SMARTS) is 1. The van der Waals surface area contributed by atoms with Gasteiger partial charge in [0, 0.05) is 0 Å². The van der Waals surface area contributed by atoms with Crippen LogP contribution < -0.4 is 4.52 Å². The molecule has 1 rings (SSSR count). The predicted octanol–water partition coefficient (Wildman–Crippen LogP) is 1.64. The van der Waals surface area contributed by atoms with Gasteiger partial charge in [0.15, 0.2) is 6.16 Å². The van der Waals surface area contributed by atoms with Gasteiger partial charge in [-0.2, -0.15) is 0 Å². The monoisotopic (exact) mass is 230 g/mol. The average molecular weight is 230 g/mol. The van der Waals surface area contributed by atoms with Crippen LogP contribution in [0.4, 0.5) is 0 Å². The van der Waals surface area contributed by atoms with Crippen LogP contribution in [0.2, 0.25) is 0 Å². The third-order valence-corrected chi connectivity index (χ3v) is 2.82. The first-order valence-electron chi connectivity index (χ1n) is 4.19. The number of rotatable bonds is 4. The fraction of sp³-hybridized carbons (Fsp3) is 0.222. The largest absolute Gasteiger partial charge is 0.481 e. The van der Waals surface area contributed by atoms with E-state index in [1.165, 1.54) is 6.07 Å². The molecular formula is C9H11O5P. The summed E-state index contributed by atoms with van der Waals surface area (Å²) >= 11 is 0. The Kier molecular flexibility index (Phi) is 3.50. The van der Waals surface area contributed by atoms with E-state index in [0.29, 0.717) is 5.56 Å². The molecule has 0 aliphatic rings.